The molecule has 3 aliphatic heterocycles. The molecule has 0 spiro atoms. The summed E-state index contributed by atoms with van der Waals surface area (Å²) >= 11 is 0. The summed E-state index contributed by atoms with van der Waals surface area (Å²) in [4.78, 5) is 113. The number of ether oxygens (including phenoxy) is 2. The van der Waals surface area contributed by atoms with E-state index in [2.05, 4.69) is 31.9 Å². The number of aliphatic hydroxyl groups is 6. The van der Waals surface area contributed by atoms with Crippen LogP contribution in [0.2, 0.25) is 0 Å². The number of nitrogens with one attached hydrogen (secondary N) is 6. The summed E-state index contributed by atoms with van der Waals surface area (Å²) in [5, 5.41) is 92.8. The number of carbonyl (C=O) groups excluding carboxylic acids is 8. The largest absolute Gasteiger partial charge is 0.504 e. The number of rotatable bonds is 13. The van der Waals surface area contributed by atoms with Gasteiger partial charge in [0.2, 0.25) is 35.4 Å². The van der Waals surface area contributed by atoms with E-state index in [0.717, 1.165) is 39.0 Å². The molecule has 428 valence electrons. The van der Waals surface area contributed by atoms with Crippen molar-refractivity contribution >= 4 is 47.4 Å². The number of β-amino-alcohol motifs (C(OH)–C–C–N with tert-alkyl or cyclic N) is 1. The van der Waals surface area contributed by atoms with Crippen molar-refractivity contribution in [2.45, 2.75) is 118 Å². The molecule has 0 aromatic heterocycles. The number of aliphatic hydroxyl groups excluding tert-OH is 6. The molecule has 3 saturated heterocycles. The molecule has 8 amide bonds. The van der Waals surface area contributed by atoms with Gasteiger partial charge in [-0.1, -0.05) is 61.5 Å². The lowest BCUT2D eigenvalue weighted by Gasteiger charge is -2.34. The lowest BCUT2D eigenvalue weighted by atomic mass is 9.98. The van der Waals surface area contributed by atoms with Gasteiger partial charge in [-0.3, -0.25) is 33.6 Å². The number of amides is 8. The molecule has 3 heterocycles. The fourth-order valence-corrected chi connectivity index (χ4v) is 10.3. The first-order valence-corrected chi connectivity index (χ1v) is 26.0. The molecule has 3 aromatic rings. The fourth-order valence-electron chi connectivity index (χ4n) is 10.3. The van der Waals surface area contributed by atoms with Crippen LogP contribution in [-0.4, -0.2) is 212 Å². The SMILES string of the molecule is CNC(=O)COc1cc(C[C@@H](O)[C@@H]2NC(=O)[C@@H]3C[C@@H](O)CN3C(=O)[C@H]([C@@H](C)O)NC(=O)C(N)C[C@@H](O)CNC(=O)[C@@H]3[C@@H](O)[C@@H](C)CN3C(=O)[C@H]([C@H](O)CCNC(=O)OCC3c4ccccc4-c4ccccc43)NC2=O)ccc1O. The highest BCUT2D eigenvalue weighted by Gasteiger charge is 2.50. The van der Waals surface area contributed by atoms with Gasteiger partial charge in [-0.25, -0.2) is 4.79 Å². The van der Waals surface area contributed by atoms with Gasteiger partial charge < -0.3 is 92.7 Å². The molecule has 13 atom stereocenters. The number of phenols is 1. The van der Waals surface area contributed by atoms with Crippen LogP contribution in [0.4, 0.5) is 4.79 Å². The van der Waals surface area contributed by atoms with E-state index in [-0.39, 0.29) is 36.9 Å². The van der Waals surface area contributed by atoms with Gasteiger partial charge in [0.15, 0.2) is 18.1 Å². The molecular weight excluding hydrogens is 1030 g/mol. The summed E-state index contributed by atoms with van der Waals surface area (Å²) < 4.78 is 11.1. The summed E-state index contributed by atoms with van der Waals surface area (Å²) in [5.74, 6) is -9.01. The van der Waals surface area contributed by atoms with E-state index in [4.69, 9.17) is 15.2 Å². The second-order valence-corrected chi connectivity index (χ2v) is 20.4. The quantitative estimate of drug-likeness (QED) is 0.0774. The van der Waals surface area contributed by atoms with Crippen molar-refractivity contribution in [2.75, 3.05) is 46.4 Å². The number of nitrogens with two attached hydrogens (primary N) is 1. The molecule has 4 aliphatic rings. The minimum atomic E-state index is -2.12. The highest BCUT2D eigenvalue weighted by Crippen LogP contribution is 2.44. The van der Waals surface area contributed by atoms with Crippen LogP contribution >= 0.6 is 0 Å². The summed E-state index contributed by atoms with van der Waals surface area (Å²) in [5.41, 5.74) is 10.2. The standard InChI is InChI=1S/C53H69N9O17/c1-25-21-62-45(46(25)70)50(74)57-20-28(64)18-35(54)47(71)58-42(26(2)63)51(75)61-22-29(65)19-36(61)48(72)59-43(39(68)16-27-12-13-37(66)40(17-27)78-24-41(69)55-3)49(73)60-44(52(62)76)38(67)14-15-56-53(77)79-23-34-32-10-6-4-8-30(32)31-9-5-7-11-33(31)34/h4-13,17,25-26,28-29,34-36,38-39,42-46,63-68,70H,14-16,18-24,54H2,1-3H3,(H,55,69)(H,56,77)(H,57,74)(H,58,71)(H,59,72)(H,60,73)/t25-,26+,28+,29+,35?,36-,38+,39+,42-,43-,44-,45-,46-/m0/s1. The molecule has 79 heavy (non-hydrogen) atoms. The molecule has 3 fully saturated rings. The van der Waals surface area contributed by atoms with Gasteiger partial charge in [0.25, 0.3) is 5.91 Å². The monoisotopic (exact) mass is 1100 g/mol. The normalized spacial score (nSPS) is 27.3. The van der Waals surface area contributed by atoms with Crippen LogP contribution in [0.5, 0.6) is 11.5 Å². The van der Waals surface area contributed by atoms with Crippen molar-refractivity contribution in [3.63, 3.8) is 0 Å². The Bertz CT molecular complexity index is 2700. The minimum Gasteiger partial charge on any atom is -0.504 e. The number of nitrogens with zero attached hydrogens (tertiary/aromatic N) is 2. The van der Waals surface area contributed by atoms with Crippen molar-refractivity contribution in [3.8, 4) is 22.6 Å². The molecule has 1 aliphatic carbocycles. The van der Waals surface area contributed by atoms with Crippen molar-refractivity contribution in [2.24, 2.45) is 11.7 Å². The fraction of sp³-hybridized carbons (Fsp3) is 0.509. The summed E-state index contributed by atoms with van der Waals surface area (Å²) in [6, 6.07) is 8.24. The number of likely N-dealkylation sites (N-methyl/N-ethyl adjacent to an activating group) is 1. The molecule has 15 N–H and O–H groups in total. The van der Waals surface area contributed by atoms with Crippen LogP contribution in [0.3, 0.4) is 0 Å². The minimum absolute atomic E-state index is 0.0614. The molecule has 0 bridgehead atoms. The first-order chi connectivity index (χ1) is 37.6. The number of phenolic OH excluding ortho intramolecular Hbond substituents is 1. The highest BCUT2D eigenvalue weighted by molar-refractivity contribution is 5.98. The third kappa shape index (κ3) is 13.9. The van der Waals surface area contributed by atoms with Crippen LogP contribution in [0, 0.1) is 5.92 Å². The number of hydrogen-bond acceptors (Lipinski definition) is 18. The topological polar surface area (TPSA) is 401 Å². The Morgan fingerprint density at radius 3 is 2.06 bits per heavy atom. The zero-order valence-electron chi connectivity index (χ0n) is 43.7. The van der Waals surface area contributed by atoms with Crippen LogP contribution in [0.25, 0.3) is 11.1 Å². The average molecular weight is 1100 g/mol. The number of aromatic hydroxyl groups is 1. The maximum absolute atomic E-state index is 14.9. The Morgan fingerprint density at radius 2 is 1.41 bits per heavy atom. The van der Waals surface area contributed by atoms with E-state index < -0.39 is 177 Å². The number of fused-ring (bicyclic) bond motifs is 5. The molecule has 1 unspecified atom stereocenters. The molecule has 7 rings (SSSR count). The summed E-state index contributed by atoms with van der Waals surface area (Å²) in [6.07, 6.45) is -12.9. The maximum Gasteiger partial charge on any atom is 0.407 e. The van der Waals surface area contributed by atoms with Crippen LogP contribution < -0.4 is 42.4 Å². The van der Waals surface area contributed by atoms with E-state index in [1.807, 2.05) is 48.5 Å². The van der Waals surface area contributed by atoms with Gasteiger partial charge in [-0.2, -0.15) is 0 Å². The highest BCUT2D eigenvalue weighted by atomic mass is 16.5. The van der Waals surface area contributed by atoms with Crippen molar-refractivity contribution in [1.29, 1.82) is 0 Å². The van der Waals surface area contributed by atoms with Gasteiger partial charge >= 0.3 is 6.09 Å². The van der Waals surface area contributed by atoms with Crippen LogP contribution in [-0.2, 0) is 44.7 Å². The third-order valence-corrected chi connectivity index (χ3v) is 14.6. The van der Waals surface area contributed by atoms with Gasteiger partial charge in [-0.15, -0.1) is 0 Å². The second-order valence-electron chi connectivity index (χ2n) is 20.4. The van der Waals surface area contributed by atoms with Crippen LogP contribution in [0.1, 0.15) is 55.7 Å². The lowest BCUT2D eigenvalue weighted by Crippen LogP contribution is -2.64. The van der Waals surface area contributed by atoms with Crippen LogP contribution in [0.15, 0.2) is 66.7 Å². The third-order valence-electron chi connectivity index (χ3n) is 14.6. The van der Waals surface area contributed by atoms with Gasteiger partial charge in [-0.05, 0) is 59.7 Å². The molecule has 0 saturated carbocycles. The van der Waals surface area contributed by atoms with E-state index in [1.165, 1.54) is 32.2 Å². The number of hydrogen-bond donors (Lipinski definition) is 14. The Labute approximate surface area is 454 Å². The molecule has 0 radical (unpaired) electrons. The lowest BCUT2D eigenvalue weighted by molar-refractivity contribution is -0.147. The van der Waals surface area contributed by atoms with Crippen molar-refractivity contribution in [1.82, 2.24) is 41.7 Å². The Hall–Kier alpha value is -7.46. The first kappa shape index (κ1) is 59.2. The van der Waals surface area contributed by atoms with E-state index in [1.54, 1.807) is 0 Å². The predicted molar refractivity (Wildman–Crippen MR) is 277 cm³/mol. The molecular formula is C53H69N9O17. The van der Waals surface area contributed by atoms with E-state index in [0.29, 0.717) is 0 Å². The second kappa shape index (κ2) is 26.0. The molecule has 26 nitrogen and oxygen atoms in total. The number of carbonyl (C=O) groups is 8. The summed E-state index contributed by atoms with van der Waals surface area (Å²) in [6.45, 7) is 0.304. The Balaban J connectivity index is 1.20. The van der Waals surface area contributed by atoms with E-state index >= 15 is 0 Å². The Morgan fingerprint density at radius 1 is 0.772 bits per heavy atom. The molecule has 26 heteroatoms. The van der Waals surface area contributed by atoms with E-state index in [9.17, 15) is 74.1 Å². The zero-order valence-corrected chi connectivity index (χ0v) is 43.7. The first-order valence-electron chi connectivity index (χ1n) is 26.0. The number of benzene rings is 3. The van der Waals surface area contributed by atoms with Crippen molar-refractivity contribution in [3.05, 3.63) is 83.4 Å². The maximum atomic E-state index is 14.9. The predicted octanol–water partition coefficient (Wildman–Crippen LogP) is -4.08. The van der Waals surface area contributed by atoms with Gasteiger partial charge in [0.05, 0.1) is 42.7 Å². The van der Waals surface area contributed by atoms with Gasteiger partial charge in [0.1, 0.15) is 36.8 Å². The zero-order chi connectivity index (χ0) is 57.4. The summed E-state index contributed by atoms with van der Waals surface area (Å²) in [7, 11) is 1.36. The van der Waals surface area contributed by atoms with Gasteiger partial charge in [0, 0.05) is 57.9 Å². The molecule has 3 aromatic carbocycles. The Kier molecular flexibility index (Phi) is 19.5. The number of alkyl carbamates (subject to hydrolysis) is 1. The average Bonchev–Trinajstić information content (AvgIpc) is 4.12. The van der Waals surface area contributed by atoms with Crippen molar-refractivity contribution < 1.29 is 83.6 Å². The smallest absolute Gasteiger partial charge is 0.407 e.